The first-order valence-electron chi connectivity index (χ1n) is 7.33. The average molecular weight is 283 g/mol. The molecule has 0 saturated carbocycles. The molecular formula is C18H21NO2. The average Bonchev–Trinajstić information content (AvgIpc) is 2.57. The highest BCUT2D eigenvalue weighted by molar-refractivity contribution is 5.22. The molecule has 1 aliphatic heterocycles. The molecule has 1 aliphatic rings. The Morgan fingerprint density at radius 3 is 2.38 bits per heavy atom. The molecule has 2 aromatic rings. The number of ether oxygens (including phenoxy) is 2. The van der Waals surface area contributed by atoms with Crippen molar-refractivity contribution in [1.82, 2.24) is 4.90 Å². The lowest BCUT2D eigenvalue weighted by Crippen LogP contribution is -2.50. The van der Waals surface area contributed by atoms with Crippen LogP contribution in [0.1, 0.15) is 11.1 Å². The van der Waals surface area contributed by atoms with Crippen LogP contribution in [0.2, 0.25) is 0 Å². The van der Waals surface area contributed by atoms with E-state index in [2.05, 4.69) is 41.3 Å². The number of methoxy groups -OCH3 is 1. The Bertz CT molecular complexity index is 558. The molecule has 21 heavy (non-hydrogen) atoms. The summed E-state index contributed by atoms with van der Waals surface area (Å²) in [6, 6.07) is 20.7. The van der Waals surface area contributed by atoms with Gasteiger partial charge in [-0.05, 0) is 5.56 Å². The summed E-state index contributed by atoms with van der Waals surface area (Å²) < 4.78 is 11.8. The first-order chi connectivity index (χ1) is 10.3. The Balaban J connectivity index is 1.78. The lowest BCUT2D eigenvalue weighted by Gasteiger charge is -2.41. The van der Waals surface area contributed by atoms with Gasteiger partial charge in [-0.3, -0.25) is 4.90 Å². The molecule has 1 atom stereocenters. The monoisotopic (exact) mass is 283 g/mol. The van der Waals surface area contributed by atoms with Crippen LogP contribution < -0.4 is 0 Å². The van der Waals surface area contributed by atoms with Crippen LogP contribution in [-0.4, -0.2) is 31.7 Å². The van der Waals surface area contributed by atoms with E-state index in [-0.39, 0.29) is 0 Å². The zero-order valence-electron chi connectivity index (χ0n) is 12.4. The fourth-order valence-corrected chi connectivity index (χ4v) is 2.84. The van der Waals surface area contributed by atoms with Crippen molar-refractivity contribution in [2.75, 3.05) is 26.8 Å². The number of rotatable bonds is 4. The van der Waals surface area contributed by atoms with Gasteiger partial charge < -0.3 is 9.47 Å². The van der Waals surface area contributed by atoms with Crippen molar-refractivity contribution in [2.24, 2.45) is 0 Å². The third-order valence-electron chi connectivity index (χ3n) is 3.97. The minimum Gasteiger partial charge on any atom is -0.348 e. The summed E-state index contributed by atoms with van der Waals surface area (Å²) in [5.74, 6) is -0.658. The summed E-state index contributed by atoms with van der Waals surface area (Å²) in [6.07, 6.45) is 0. The van der Waals surface area contributed by atoms with Crippen LogP contribution in [0, 0.1) is 0 Å². The number of morpholine rings is 1. The summed E-state index contributed by atoms with van der Waals surface area (Å²) in [7, 11) is 1.72. The summed E-state index contributed by atoms with van der Waals surface area (Å²) in [5, 5.41) is 0. The molecule has 0 amide bonds. The predicted molar refractivity (Wildman–Crippen MR) is 82.8 cm³/mol. The van der Waals surface area contributed by atoms with Gasteiger partial charge in [0.15, 0.2) is 0 Å². The van der Waals surface area contributed by atoms with Crippen LogP contribution in [0.3, 0.4) is 0 Å². The third-order valence-corrected chi connectivity index (χ3v) is 3.97. The molecule has 3 heteroatoms. The molecule has 1 unspecified atom stereocenters. The maximum atomic E-state index is 6.00. The molecule has 1 heterocycles. The van der Waals surface area contributed by atoms with Crippen LogP contribution in [0.25, 0.3) is 0 Å². The van der Waals surface area contributed by atoms with Crippen molar-refractivity contribution >= 4 is 0 Å². The maximum Gasteiger partial charge on any atom is 0.207 e. The van der Waals surface area contributed by atoms with E-state index in [1.807, 2.05) is 24.3 Å². The van der Waals surface area contributed by atoms with Gasteiger partial charge in [-0.2, -0.15) is 0 Å². The van der Waals surface area contributed by atoms with Crippen molar-refractivity contribution < 1.29 is 9.47 Å². The predicted octanol–water partition coefficient (Wildman–Crippen LogP) is 3.02. The van der Waals surface area contributed by atoms with Crippen LogP contribution in [0.15, 0.2) is 60.7 Å². The molecule has 0 aromatic heterocycles. The zero-order chi connectivity index (χ0) is 14.5. The van der Waals surface area contributed by atoms with Gasteiger partial charge in [0.1, 0.15) is 0 Å². The van der Waals surface area contributed by atoms with Gasteiger partial charge in [-0.15, -0.1) is 0 Å². The summed E-state index contributed by atoms with van der Waals surface area (Å²) >= 11 is 0. The highest BCUT2D eigenvalue weighted by atomic mass is 16.7. The topological polar surface area (TPSA) is 21.7 Å². The Labute approximate surface area is 126 Å². The molecule has 3 nitrogen and oxygen atoms in total. The molecular weight excluding hydrogens is 262 g/mol. The lowest BCUT2D eigenvalue weighted by molar-refractivity contribution is -0.265. The fraction of sp³-hybridized carbons (Fsp3) is 0.333. The summed E-state index contributed by atoms with van der Waals surface area (Å²) in [5.41, 5.74) is 2.39. The van der Waals surface area contributed by atoms with E-state index in [0.29, 0.717) is 6.61 Å². The maximum absolute atomic E-state index is 6.00. The van der Waals surface area contributed by atoms with Gasteiger partial charge in [0, 0.05) is 25.8 Å². The van der Waals surface area contributed by atoms with Gasteiger partial charge in [0.25, 0.3) is 0 Å². The molecule has 0 aliphatic carbocycles. The Morgan fingerprint density at radius 1 is 1.05 bits per heavy atom. The Morgan fingerprint density at radius 2 is 1.71 bits per heavy atom. The van der Waals surface area contributed by atoms with E-state index < -0.39 is 5.79 Å². The second-order valence-corrected chi connectivity index (χ2v) is 5.37. The van der Waals surface area contributed by atoms with E-state index in [4.69, 9.17) is 9.47 Å². The van der Waals surface area contributed by atoms with Crippen LogP contribution in [0.5, 0.6) is 0 Å². The summed E-state index contributed by atoms with van der Waals surface area (Å²) in [4.78, 5) is 2.38. The fourth-order valence-electron chi connectivity index (χ4n) is 2.84. The van der Waals surface area contributed by atoms with Crippen molar-refractivity contribution in [1.29, 1.82) is 0 Å². The highest BCUT2D eigenvalue weighted by Gasteiger charge is 2.38. The Kier molecular flexibility index (Phi) is 4.34. The van der Waals surface area contributed by atoms with E-state index in [1.165, 1.54) is 5.56 Å². The molecule has 3 rings (SSSR count). The smallest absolute Gasteiger partial charge is 0.207 e. The molecule has 0 spiro atoms. The molecule has 0 bridgehead atoms. The third kappa shape index (κ3) is 3.16. The van der Waals surface area contributed by atoms with Crippen LogP contribution in [0.4, 0.5) is 0 Å². The largest absolute Gasteiger partial charge is 0.348 e. The van der Waals surface area contributed by atoms with E-state index >= 15 is 0 Å². The molecule has 0 radical (unpaired) electrons. The number of benzene rings is 2. The van der Waals surface area contributed by atoms with Gasteiger partial charge in [-0.1, -0.05) is 60.7 Å². The second-order valence-electron chi connectivity index (χ2n) is 5.37. The minimum absolute atomic E-state index is 0.658. The second kappa shape index (κ2) is 6.39. The quantitative estimate of drug-likeness (QED) is 0.861. The molecule has 0 N–H and O–H groups in total. The van der Waals surface area contributed by atoms with Crippen molar-refractivity contribution in [3.05, 3.63) is 71.8 Å². The number of nitrogens with zero attached hydrogens (tertiary/aromatic N) is 1. The highest BCUT2D eigenvalue weighted by Crippen LogP contribution is 2.31. The first-order valence-corrected chi connectivity index (χ1v) is 7.33. The Hall–Kier alpha value is -1.68. The van der Waals surface area contributed by atoms with E-state index in [1.54, 1.807) is 7.11 Å². The number of hydrogen-bond acceptors (Lipinski definition) is 3. The molecule has 110 valence electrons. The van der Waals surface area contributed by atoms with Gasteiger partial charge >= 0.3 is 0 Å². The van der Waals surface area contributed by atoms with Gasteiger partial charge in [0.05, 0.1) is 13.2 Å². The van der Waals surface area contributed by atoms with Crippen LogP contribution in [-0.2, 0) is 21.8 Å². The van der Waals surface area contributed by atoms with E-state index in [9.17, 15) is 0 Å². The summed E-state index contributed by atoms with van der Waals surface area (Å²) in [6.45, 7) is 3.26. The normalized spacial score (nSPS) is 23.1. The van der Waals surface area contributed by atoms with Crippen molar-refractivity contribution in [3.8, 4) is 0 Å². The SMILES string of the molecule is COC1(c2ccccc2)CN(Cc2ccccc2)CCO1. The molecule has 2 aromatic carbocycles. The van der Waals surface area contributed by atoms with E-state index in [0.717, 1.165) is 25.2 Å². The minimum atomic E-state index is -0.658. The van der Waals surface area contributed by atoms with Crippen molar-refractivity contribution in [2.45, 2.75) is 12.3 Å². The van der Waals surface area contributed by atoms with Crippen molar-refractivity contribution in [3.63, 3.8) is 0 Å². The molecule has 1 saturated heterocycles. The van der Waals surface area contributed by atoms with Crippen LogP contribution >= 0.6 is 0 Å². The van der Waals surface area contributed by atoms with Gasteiger partial charge in [-0.25, -0.2) is 0 Å². The van der Waals surface area contributed by atoms with Gasteiger partial charge in [0.2, 0.25) is 5.79 Å². The standard InChI is InChI=1S/C18H21NO2/c1-20-18(17-10-6-3-7-11-17)15-19(12-13-21-18)14-16-8-4-2-5-9-16/h2-11H,12-15H2,1H3. The molecule has 1 fully saturated rings. The zero-order valence-corrected chi connectivity index (χ0v) is 12.4. The number of hydrogen-bond donors (Lipinski definition) is 0. The first kappa shape index (κ1) is 14.3. The lowest BCUT2D eigenvalue weighted by atomic mass is 10.0.